The summed E-state index contributed by atoms with van der Waals surface area (Å²) in [4.78, 5) is 25.3. The highest BCUT2D eigenvalue weighted by Gasteiger charge is 2.68. The summed E-state index contributed by atoms with van der Waals surface area (Å²) in [7, 11) is 0. The fraction of sp³-hybridized carbons (Fsp3) is 0.643. The molecule has 0 aliphatic heterocycles. The smallest absolute Gasteiger partial charge is 0.220 e. The van der Waals surface area contributed by atoms with Crippen LogP contribution in [0.1, 0.15) is 73.6 Å². The Balaban J connectivity index is 1.66. The van der Waals surface area contributed by atoms with Gasteiger partial charge in [0.05, 0.1) is 0 Å². The van der Waals surface area contributed by atoms with Crippen molar-refractivity contribution in [1.29, 1.82) is 0 Å². The maximum atomic E-state index is 12.7. The molecule has 0 bridgehead atoms. The van der Waals surface area contributed by atoms with Crippen molar-refractivity contribution in [3.63, 3.8) is 0 Å². The number of carbonyl (C=O) groups excluding carboxylic acids is 2. The minimum absolute atomic E-state index is 0.00833. The Labute approximate surface area is 191 Å². The van der Waals surface area contributed by atoms with E-state index in [0.29, 0.717) is 5.57 Å². The molecule has 0 aromatic rings. The highest BCUT2D eigenvalue weighted by Crippen LogP contribution is 2.74. The normalized spacial score (nSPS) is 48.1. The zero-order valence-corrected chi connectivity index (χ0v) is 20.2. The van der Waals surface area contributed by atoms with E-state index in [-0.39, 0.29) is 50.8 Å². The van der Waals surface area contributed by atoms with Gasteiger partial charge in [0.2, 0.25) is 5.78 Å². The Kier molecular flexibility index (Phi) is 4.34. The SMILES string of the molecule is CC1=C(O)C(=O)C=C2C1=CC=C1[C@]2(C)CC[C@@]2(C)[C@@H]3C[C@@H](C)C(=O)[C@@H](O)[C@]3(C)CC[C@@]12C. The standard InChI is InChI=1S/C28H36O4/c1-15-13-21-26(4,24(32)22(15)30)10-12-27(5)20-8-7-17-16(2)23(31)19(29)14-18(17)25(20,3)9-11-28(21,27)6/h7-8,14-15,21,24,31-32H,9-13H2,1-6H3/t15-,21-,24-,25-,26-,27+,28+/m1/s1. The fourth-order valence-electron chi connectivity index (χ4n) is 8.44. The Bertz CT molecular complexity index is 1070. The molecule has 0 saturated heterocycles. The minimum Gasteiger partial charge on any atom is -0.504 e. The van der Waals surface area contributed by atoms with E-state index in [1.165, 1.54) is 5.57 Å². The lowest BCUT2D eigenvalue weighted by molar-refractivity contribution is -0.192. The summed E-state index contributed by atoms with van der Waals surface area (Å²) < 4.78 is 0. The Morgan fingerprint density at radius 1 is 1.00 bits per heavy atom. The number of rotatable bonds is 0. The summed E-state index contributed by atoms with van der Waals surface area (Å²) in [5.41, 5.74) is 3.29. The Hall–Kier alpha value is -1.94. The first-order valence-electron chi connectivity index (χ1n) is 12.1. The van der Waals surface area contributed by atoms with E-state index in [9.17, 15) is 19.8 Å². The van der Waals surface area contributed by atoms with Crippen molar-refractivity contribution in [1.82, 2.24) is 0 Å². The predicted octanol–water partition coefficient (Wildman–Crippen LogP) is 5.39. The van der Waals surface area contributed by atoms with E-state index < -0.39 is 6.10 Å². The van der Waals surface area contributed by atoms with Gasteiger partial charge in [-0.05, 0) is 73.0 Å². The van der Waals surface area contributed by atoms with E-state index in [0.717, 1.165) is 43.3 Å². The molecule has 3 fully saturated rings. The van der Waals surface area contributed by atoms with Crippen LogP contribution < -0.4 is 0 Å². The Morgan fingerprint density at radius 3 is 2.38 bits per heavy atom. The monoisotopic (exact) mass is 436 g/mol. The van der Waals surface area contributed by atoms with Crippen LogP contribution in [0.15, 0.2) is 46.3 Å². The van der Waals surface area contributed by atoms with Gasteiger partial charge in [0.15, 0.2) is 11.5 Å². The molecule has 3 saturated carbocycles. The quantitative estimate of drug-likeness (QED) is 0.534. The average molecular weight is 437 g/mol. The zero-order valence-electron chi connectivity index (χ0n) is 20.2. The molecule has 2 N–H and O–H groups in total. The van der Waals surface area contributed by atoms with Gasteiger partial charge in [-0.2, -0.15) is 0 Å². The maximum Gasteiger partial charge on any atom is 0.220 e. The van der Waals surface area contributed by atoms with E-state index in [1.54, 1.807) is 6.08 Å². The van der Waals surface area contributed by atoms with Crippen molar-refractivity contribution < 1.29 is 19.8 Å². The number of fused-ring (bicyclic) bond motifs is 7. The first-order valence-corrected chi connectivity index (χ1v) is 12.1. The number of carbonyl (C=O) groups is 2. The molecule has 7 atom stereocenters. The van der Waals surface area contributed by atoms with Crippen molar-refractivity contribution in [2.45, 2.75) is 79.8 Å². The third-order valence-electron chi connectivity index (χ3n) is 10.9. The van der Waals surface area contributed by atoms with Crippen LogP contribution in [0.5, 0.6) is 0 Å². The van der Waals surface area contributed by atoms with Crippen molar-refractivity contribution in [3.05, 3.63) is 46.3 Å². The molecule has 172 valence electrons. The van der Waals surface area contributed by atoms with Gasteiger partial charge in [-0.15, -0.1) is 0 Å². The molecule has 0 spiro atoms. The molecular weight excluding hydrogens is 400 g/mol. The molecule has 32 heavy (non-hydrogen) atoms. The van der Waals surface area contributed by atoms with Gasteiger partial charge in [-0.1, -0.05) is 52.3 Å². The highest BCUT2D eigenvalue weighted by molar-refractivity contribution is 6.06. The summed E-state index contributed by atoms with van der Waals surface area (Å²) in [5.74, 6) is -0.282. The van der Waals surface area contributed by atoms with Crippen molar-refractivity contribution in [2.75, 3.05) is 0 Å². The first kappa shape index (κ1) is 21.9. The second-order valence-corrected chi connectivity index (χ2v) is 12.1. The van der Waals surface area contributed by atoms with Crippen molar-refractivity contribution in [2.24, 2.45) is 33.5 Å². The molecule has 5 aliphatic rings. The summed E-state index contributed by atoms with van der Waals surface area (Å²) in [6, 6.07) is 0. The second kappa shape index (κ2) is 6.34. The van der Waals surface area contributed by atoms with Crippen LogP contribution in [0, 0.1) is 33.5 Å². The lowest BCUT2D eigenvalue weighted by Crippen LogP contribution is -2.65. The molecular formula is C28H36O4. The molecule has 0 radical (unpaired) electrons. The van der Waals surface area contributed by atoms with Gasteiger partial charge < -0.3 is 10.2 Å². The zero-order chi connectivity index (χ0) is 23.4. The van der Waals surface area contributed by atoms with Crippen LogP contribution >= 0.6 is 0 Å². The molecule has 5 aliphatic carbocycles. The van der Waals surface area contributed by atoms with E-state index >= 15 is 0 Å². The molecule has 0 heterocycles. The van der Waals surface area contributed by atoms with Gasteiger partial charge in [0.1, 0.15) is 6.10 Å². The molecule has 0 aromatic heterocycles. The second-order valence-electron chi connectivity index (χ2n) is 12.1. The minimum atomic E-state index is -0.882. The van der Waals surface area contributed by atoms with Crippen LogP contribution in [-0.2, 0) is 9.59 Å². The van der Waals surface area contributed by atoms with Gasteiger partial charge in [0, 0.05) is 22.3 Å². The van der Waals surface area contributed by atoms with Crippen LogP contribution in [0.25, 0.3) is 0 Å². The maximum absolute atomic E-state index is 12.7. The third-order valence-corrected chi connectivity index (χ3v) is 10.9. The number of ketones is 2. The average Bonchev–Trinajstić information content (AvgIpc) is 2.75. The lowest BCUT2D eigenvalue weighted by atomic mass is 9.35. The number of aliphatic hydroxyl groups excluding tert-OH is 2. The van der Waals surface area contributed by atoms with Gasteiger partial charge in [-0.25, -0.2) is 0 Å². The number of Topliss-reactive ketones (excluding diaryl/α,β-unsaturated/α-hetero) is 1. The fourth-order valence-corrected chi connectivity index (χ4v) is 8.44. The van der Waals surface area contributed by atoms with E-state index in [4.69, 9.17) is 0 Å². The topological polar surface area (TPSA) is 74.6 Å². The number of aliphatic hydroxyl groups is 2. The summed E-state index contributed by atoms with van der Waals surface area (Å²) in [6.07, 6.45) is 9.60. The third kappa shape index (κ3) is 2.32. The summed E-state index contributed by atoms with van der Waals surface area (Å²) >= 11 is 0. The van der Waals surface area contributed by atoms with Gasteiger partial charge in [0.25, 0.3) is 0 Å². The summed E-state index contributed by atoms with van der Waals surface area (Å²) in [5, 5.41) is 21.3. The van der Waals surface area contributed by atoms with Gasteiger partial charge >= 0.3 is 0 Å². The van der Waals surface area contributed by atoms with Gasteiger partial charge in [-0.3, -0.25) is 9.59 Å². The van der Waals surface area contributed by atoms with E-state index in [2.05, 4.69) is 39.8 Å². The molecule has 0 amide bonds. The molecule has 0 aromatic carbocycles. The van der Waals surface area contributed by atoms with Crippen molar-refractivity contribution in [3.8, 4) is 0 Å². The van der Waals surface area contributed by atoms with Crippen LogP contribution in [-0.4, -0.2) is 27.9 Å². The molecule has 0 unspecified atom stereocenters. The number of allylic oxidation sites excluding steroid dienone is 7. The lowest BCUT2D eigenvalue weighted by Gasteiger charge is -2.69. The number of hydrogen-bond acceptors (Lipinski definition) is 4. The largest absolute Gasteiger partial charge is 0.504 e. The van der Waals surface area contributed by atoms with Crippen LogP contribution in [0.3, 0.4) is 0 Å². The van der Waals surface area contributed by atoms with Crippen LogP contribution in [0.4, 0.5) is 0 Å². The first-order chi connectivity index (χ1) is 14.8. The van der Waals surface area contributed by atoms with Crippen LogP contribution in [0.2, 0.25) is 0 Å². The molecule has 4 heteroatoms. The van der Waals surface area contributed by atoms with E-state index in [1.807, 2.05) is 13.8 Å². The number of hydrogen-bond donors (Lipinski definition) is 2. The summed E-state index contributed by atoms with van der Waals surface area (Å²) in [6.45, 7) is 13.0. The molecule has 4 nitrogen and oxygen atoms in total. The predicted molar refractivity (Wildman–Crippen MR) is 124 cm³/mol. The van der Waals surface area contributed by atoms with Crippen molar-refractivity contribution >= 4 is 11.6 Å². The Morgan fingerprint density at radius 2 is 1.69 bits per heavy atom. The molecule has 5 rings (SSSR count). The highest BCUT2D eigenvalue weighted by atomic mass is 16.3.